The van der Waals surface area contributed by atoms with Gasteiger partial charge in [0, 0.05) is 0 Å². The summed E-state index contributed by atoms with van der Waals surface area (Å²) in [5.74, 6) is 0.180. The smallest absolute Gasteiger partial charge is 0.416 e. The molecule has 0 unspecified atom stereocenters. The van der Waals surface area contributed by atoms with E-state index >= 15 is 0 Å². The molecule has 1 aromatic heterocycles. The van der Waals surface area contributed by atoms with Gasteiger partial charge >= 0.3 is 6.18 Å². The lowest BCUT2D eigenvalue weighted by molar-refractivity contribution is -0.137. The largest absolute Gasteiger partial charge is 0.439 e. The van der Waals surface area contributed by atoms with Crippen molar-refractivity contribution in [2.24, 2.45) is 0 Å². The normalized spacial score (nSPS) is 11.3. The van der Waals surface area contributed by atoms with Gasteiger partial charge in [0.05, 0.1) is 18.0 Å². The number of benzene rings is 1. The van der Waals surface area contributed by atoms with E-state index < -0.39 is 17.3 Å². The van der Waals surface area contributed by atoms with Crippen LogP contribution in [0.5, 0.6) is 11.6 Å². The van der Waals surface area contributed by atoms with E-state index in [2.05, 4.69) is 9.97 Å². The molecule has 2 rings (SSSR count). The fraction of sp³-hybridized carbons (Fsp3) is 0.0909. The number of aromatic amines is 1. The standard InChI is InChI=1S/C11H7F3N2O2/c12-11(13,14)7-1-3-8(4-2-7)18-10-5-9(17)15-6-16-10/h1-6H,(H,15,16,17). The first-order valence-corrected chi connectivity index (χ1v) is 4.85. The number of hydrogen-bond donors (Lipinski definition) is 1. The molecule has 1 heterocycles. The Morgan fingerprint density at radius 1 is 1.17 bits per heavy atom. The first-order valence-electron chi connectivity index (χ1n) is 4.85. The number of H-pyrrole nitrogens is 1. The van der Waals surface area contributed by atoms with Crippen LogP contribution in [0.2, 0.25) is 0 Å². The lowest BCUT2D eigenvalue weighted by atomic mass is 10.2. The highest BCUT2D eigenvalue weighted by atomic mass is 19.4. The van der Waals surface area contributed by atoms with Crippen LogP contribution < -0.4 is 10.3 Å². The summed E-state index contributed by atoms with van der Waals surface area (Å²) in [5, 5.41) is 0. The maximum absolute atomic E-state index is 12.3. The number of rotatable bonds is 2. The van der Waals surface area contributed by atoms with Gasteiger partial charge in [-0.15, -0.1) is 0 Å². The van der Waals surface area contributed by atoms with Gasteiger partial charge in [0.2, 0.25) is 5.88 Å². The number of hydrogen-bond acceptors (Lipinski definition) is 3. The van der Waals surface area contributed by atoms with Crippen LogP contribution in [0, 0.1) is 0 Å². The van der Waals surface area contributed by atoms with Crippen molar-refractivity contribution in [3.63, 3.8) is 0 Å². The molecule has 18 heavy (non-hydrogen) atoms. The number of ether oxygens (including phenoxy) is 1. The Morgan fingerprint density at radius 2 is 1.83 bits per heavy atom. The zero-order valence-electron chi connectivity index (χ0n) is 8.86. The minimum atomic E-state index is -4.39. The molecule has 0 bridgehead atoms. The molecule has 2 aromatic rings. The van der Waals surface area contributed by atoms with E-state index in [9.17, 15) is 18.0 Å². The van der Waals surface area contributed by atoms with Crippen LogP contribution >= 0.6 is 0 Å². The molecule has 0 aliphatic rings. The molecule has 1 N–H and O–H groups in total. The molecule has 0 aliphatic carbocycles. The second-order valence-electron chi connectivity index (χ2n) is 3.37. The first-order chi connectivity index (χ1) is 8.45. The first kappa shape index (κ1) is 12.2. The molecule has 0 radical (unpaired) electrons. The van der Waals surface area contributed by atoms with Gasteiger partial charge < -0.3 is 9.72 Å². The molecule has 94 valence electrons. The summed E-state index contributed by atoms with van der Waals surface area (Å²) in [6.45, 7) is 0. The zero-order chi connectivity index (χ0) is 13.2. The quantitative estimate of drug-likeness (QED) is 0.898. The van der Waals surface area contributed by atoms with Gasteiger partial charge in [-0.05, 0) is 24.3 Å². The Labute approximate surface area is 99.1 Å². The fourth-order valence-corrected chi connectivity index (χ4v) is 1.24. The van der Waals surface area contributed by atoms with Gasteiger partial charge in [-0.1, -0.05) is 0 Å². The lowest BCUT2D eigenvalue weighted by Crippen LogP contribution is -2.05. The maximum Gasteiger partial charge on any atom is 0.416 e. The minimum absolute atomic E-state index is 0.0125. The predicted molar refractivity (Wildman–Crippen MR) is 56.4 cm³/mol. The molecule has 4 nitrogen and oxygen atoms in total. The molecule has 0 amide bonds. The summed E-state index contributed by atoms with van der Waals surface area (Å²) >= 11 is 0. The summed E-state index contributed by atoms with van der Waals surface area (Å²) < 4.78 is 42.0. The van der Waals surface area contributed by atoms with E-state index in [4.69, 9.17) is 4.74 Å². The Bertz CT molecular complexity index is 590. The molecule has 0 fully saturated rings. The number of aromatic nitrogens is 2. The van der Waals surface area contributed by atoms with Crippen LogP contribution in [-0.2, 0) is 6.18 Å². The number of nitrogens with one attached hydrogen (secondary N) is 1. The molecule has 0 aliphatic heterocycles. The highest BCUT2D eigenvalue weighted by molar-refractivity contribution is 5.31. The third-order valence-corrected chi connectivity index (χ3v) is 2.06. The van der Waals surface area contributed by atoms with Gasteiger partial charge in [0.25, 0.3) is 5.56 Å². The van der Waals surface area contributed by atoms with Crippen molar-refractivity contribution in [1.82, 2.24) is 9.97 Å². The summed E-state index contributed by atoms with van der Waals surface area (Å²) in [6, 6.07) is 5.19. The second-order valence-corrected chi connectivity index (χ2v) is 3.37. The van der Waals surface area contributed by atoms with E-state index in [1.54, 1.807) is 0 Å². The van der Waals surface area contributed by atoms with Crippen molar-refractivity contribution >= 4 is 0 Å². The van der Waals surface area contributed by atoms with Crippen LogP contribution in [0.4, 0.5) is 13.2 Å². The Hall–Kier alpha value is -2.31. The zero-order valence-corrected chi connectivity index (χ0v) is 8.86. The molecule has 7 heteroatoms. The SMILES string of the molecule is O=c1cc(Oc2ccc(C(F)(F)F)cc2)nc[nH]1. The molecule has 0 saturated heterocycles. The van der Waals surface area contributed by atoms with Gasteiger partial charge in [-0.2, -0.15) is 13.2 Å². The third kappa shape index (κ3) is 2.88. The molecule has 0 saturated carbocycles. The average molecular weight is 256 g/mol. The summed E-state index contributed by atoms with van der Waals surface area (Å²) in [6.07, 6.45) is -3.25. The van der Waals surface area contributed by atoms with Gasteiger partial charge in [0.1, 0.15) is 5.75 Å². The summed E-state index contributed by atoms with van der Waals surface area (Å²) in [4.78, 5) is 16.9. The van der Waals surface area contributed by atoms with E-state index in [-0.39, 0.29) is 11.6 Å². The molecular formula is C11H7F3N2O2. The van der Waals surface area contributed by atoms with Crippen molar-refractivity contribution in [3.8, 4) is 11.6 Å². The Morgan fingerprint density at radius 3 is 2.39 bits per heavy atom. The predicted octanol–water partition coefficient (Wildman–Crippen LogP) is 2.58. The van der Waals surface area contributed by atoms with Crippen molar-refractivity contribution < 1.29 is 17.9 Å². The van der Waals surface area contributed by atoms with E-state index in [1.165, 1.54) is 0 Å². The number of halogens is 3. The van der Waals surface area contributed by atoms with Crippen LogP contribution in [0.25, 0.3) is 0 Å². The van der Waals surface area contributed by atoms with Gasteiger partial charge in [-0.25, -0.2) is 4.98 Å². The second kappa shape index (κ2) is 4.52. The highest BCUT2D eigenvalue weighted by Gasteiger charge is 2.30. The van der Waals surface area contributed by atoms with Crippen molar-refractivity contribution in [1.29, 1.82) is 0 Å². The molecule has 0 spiro atoms. The Balaban J connectivity index is 2.19. The number of alkyl halides is 3. The topological polar surface area (TPSA) is 55.0 Å². The minimum Gasteiger partial charge on any atom is -0.439 e. The molecular weight excluding hydrogens is 249 g/mol. The van der Waals surface area contributed by atoms with Crippen molar-refractivity contribution in [2.75, 3.05) is 0 Å². The average Bonchev–Trinajstić information content (AvgIpc) is 2.28. The maximum atomic E-state index is 12.3. The van der Waals surface area contributed by atoms with Gasteiger partial charge in [-0.3, -0.25) is 4.79 Å². The Kier molecular flexibility index (Phi) is 3.05. The fourth-order valence-electron chi connectivity index (χ4n) is 1.24. The number of nitrogens with zero attached hydrogens (tertiary/aromatic N) is 1. The van der Waals surface area contributed by atoms with E-state index in [1.807, 2.05) is 0 Å². The van der Waals surface area contributed by atoms with E-state index in [0.29, 0.717) is 0 Å². The third-order valence-electron chi connectivity index (χ3n) is 2.06. The monoisotopic (exact) mass is 256 g/mol. The molecule has 0 atom stereocenters. The molecule has 1 aromatic carbocycles. The van der Waals surface area contributed by atoms with Crippen molar-refractivity contribution in [3.05, 3.63) is 52.6 Å². The van der Waals surface area contributed by atoms with Gasteiger partial charge in [0.15, 0.2) is 0 Å². The lowest BCUT2D eigenvalue weighted by Gasteiger charge is -2.07. The highest BCUT2D eigenvalue weighted by Crippen LogP contribution is 2.30. The van der Waals surface area contributed by atoms with E-state index in [0.717, 1.165) is 36.7 Å². The van der Waals surface area contributed by atoms with Crippen LogP contribution in [0.15, 0.2) is 41.5 Å². The van der Waals surface area contributed by atoms with Crippen molar-refractivity contribution in [2.45, 2.75) is 6.18 Å². The van der Waals surface area contributed by atoms with Crippen LogP contribution in [-0.4, -0.2) is 9.97 Å². The van der Waals surface area contributed by atoms with Crippen LogP contribution in [0.3, 0.4) is 0 Å². The summed E-state index contributed by atoms with van der Waals surface area (Å²) in [7, 11) is 0. The van der Waals surface area contributed by atoms with Crippen LogP contribution in [0.1, 0.15) is 5.56 Å². The summed E-state index contributed by atoms with van der Waals surface area (Å²) in [5.41, 5.74) is -1.18.